The fourth-order valence-electron chi connectivity index (χ4n) is 10.5. The average Bonchev–Trinajstić information content (AvgIpc) is 3.55. The maximum absolute atomic E-state index is 12.8. The summed E-state index contributed by atoms with van der Waals surface area (Å²) in [7, 11) is -0.0880. The molecule has 1 N–H and O–H groups in total. The molecule has 1 saturated heterocycles. The second-order valence-electron chi connectivity index (χ2n) is 17.3. The van der Waals surface area contributed by atoms with Crippen LogP contribution < -0.4 is 0 Å². The monoisotopic (exact) mass is 631 g/mol. The molecule has 250 valence electrons. The molecule has 5 rings (SSSR count). The Hall–Kier alpha value is -1.61. The molecular formula is C35H61N3O5Si. The van der Waals surface area contributed by atoms with Gasteiger partial charge in [0.2, 0.25) is 0 Å². The molecule has 2 amide bonds. The van der Waals surface area contributed by atoms with Gasteiger partial charge in [-0.05, 0) is 130 Å². The van der Waals surface area contributed by atoms with Crippen LogP contribution in [-0.2, 0) is 9.26 Å². The Kier molecular flexibility index (Phi) is 9.36. The molecule has 1 aliphatic heterocycles. The molecule has 0 aromatic rings. The van der Waals surface area contributed by atoms with Crippen molar-refractivity contribution in [3.63, 3.8) is 0 Å². The standard InChI is InChI=1S/C35H61N3O5Si/c1-23(36-42-32(41)37(7)22-25-11-10-20-38(25)31(39)40)28-14-15-29-27-13-12-24-21-26(43-44(8,9)33(2,3)4)16-18-34(24,5)30(27)17-19-35(28,29)6/h24-30H,10-22H2,1-9H3,(H,39,40)/b36-23+/t24?,25-,26-,27-,28+,29-,30-,34-,35+/m0/s1. The van der Waals surface area contributed by atoms with Crippen LogP contribution in [0.5, 0.6) is 0 Å². The molecule has 0 aromatic heterocycles. The number of likely N-dealkylation sites (tertiary alicyclic amines) is 1. The van der Waals surface area contributed by atoms with E-state index in [1.165, 1.54) is 61.2 Å². The lowest BCUT2D eigenvalue weighted by Gasteiger charge is -2.61. The molecule has 9 atom stereocenters. The van der Waals surface area contributed by atoms with Crippen LogP contribution in [0.2, 0.25) is 18.1 Å². The van der Waals surface area contributed by atoms with Crippen molar-refractivity contribution in [3.8, 4) is 0 Å². The van der Waals surface area contributed by atoms with Crippen LogP contribution >= 0.6 is 0 Å². The molecule has 44 heavy (non-hydrogen) atoms. The third-order valence-corrected chi connectivity index (χ3v) is 18.6. The molecule has 0 spiro atoms. The number of nitrogens with zero attached hydrogens (tertiary/aromatic N) is 3. The first kappa shape index (κ1) is 33.7. The van der Waals surface area contributed by atoms with Crippen LogP contribution in [0.4, 0.5) is 9.59 Å². The van der Waals surface area contributed by atoms with Gasteiger partial charge < -0.3 is 19.3 Å². The highest BCUT2D eigenvalue weighted by Crippen LogP contribution is 2.67. The first-order valence-electron chi connectivity index (χ1n) is 17.6. The molecule has 4 saturated carbocycles. The van der Waals surface area contributed by atoms with Gasteiger partial charge in [-0.3, -0.25) is 4.84 Å². The Balaban J connectivity index is 1.19. The molecule has 1 unspecified atom stereocenters. The van der Waals surface area contributed by atoms with Gasteiger partial charge in [0.15, 0.2) is 8.32 Å². The number of likely N-dealkylation sites (N-methyl/N-ethyl adjacent to an activating group) is 1. The summed E-state index contributed by atoms with van der Waals surface area (Å²) < 4.78 is 6.96. The maximum atomic E-state index is 12.8. The van der Waals surface area contributed by atoms with Crippen LogP contribution in [-0.4, -0.2) is 73.4 Å². The topological polar surface area (TPSA) is 91.7 Å². The SMILES string of the molecule is C/C(=N\OC(=O)N(C)C[C@@H]1CCCN1C(=O)O)[C@H]1CC[C@H]2[C@@H]3CCC4C[C@@H](O[Si](C)(C)C(C)(C)C)CC[C@]4(C)[C@H]3CC[C@]12C. The van der Waals surface area contributed by atoms with E-state index in [4.69, 9.17) is 9.26 Å². The Labute approximate surface area is 267 Å². The van der Waals surface area contributed by atoms with Crippen LogP contribution in [0.3, 0.4) is 0 Å². The van der Waals surface area contributed by atoms with E-state index in [0.717, 1.165) is 42.7 Å². The fourth-order valence-corrected chi connectivity index (χ4v) is 11.9. The molecule has 5 fully saturated rings. The zero-order chi connectivity index (χ0) is 32.2. The van der Waals surface area contributed by atoms with Crippen LogP contribution in [0.15, 0.2) is 5.16 Å². The quantitative estimate of drug-likeness (QED) is 0.137. The van der Waals surface area contributed by atoms with Crippen LogP contribution in [0.1, 0.15) is 112 Å². The molecule has 8 nitrogen and oxygen atoms in total. The number of carboxylic acid groups (broad SMARTS) is 1. The van der Waals surface area contributed by atoms with Gasteiger partial charge in [-0.15, -0.1) is 0 Å². The van der Waals surface area contributed by atoms with E-state index in [2.05, 4.69) is 52.9 Å². The fraction of sp³-hybridized carbons (Fsp3) is 0.914. The molecule has 0 aromatic carbocycles. The first-order chi connectivity index (χ1) is 20.5. The van der Waals surface area contributed by atoms with Crippen molar-refractivity contribution in [2.75, 3.05) is 20.1 Å². The lowest BCUT2D eigenvalue weighted by atomic mass is 9.44. The van der Waals surface area contributed by atoms with Crippen molar-refractivity contribution in [1.82, 2.24) is 9.80 Å². The van der Waals surface area contributed by atoms with Crippen LogP contribution in [0, 0.1) is 40.4 Å². The van der Waals surface area contributed by atoms with E-state index in [9.17, 15) is 14.7 Å². The summed E-state index contributed by atoms with van der Waals surface area (Å²) in [4.78, 5) is 32.7. The minimum atomic E-state index is -1.76. The van der Waals surface area contributed by atoms with Crippen molar-refractivity contribution in [2.24, 2.45) is 45.6 Å². The minimum absolute atomic E-state index is 0.184. The number of amides is 2. The molecule has 0 radical (unpaired) electrons. The summed E-state index contributed by atoms with van der Waals surface area (Å²) in [6, 6.07) is -0.184. The largest absolute Gasteiger partial charge is 0.465 e. The Morgan fingerprint density at radius 3 is 2.36 bits per heavy atom. The average molecular weight is 632 g/mol. The van der Waals surface area contributed by atoms with Crippen molar-refractivity contribution >= 4 is 26.2 Å². The summed E-state index contributed by atoms with van der Waals surface area (Å²) in [5, 5.41) is 14.1. The van der Waals surface area contributed by atoms with E-state index >= 15 is 0 Å². The van der Waals surface area contributed by atoms with E-state index in [1.54, 1.807) is 7.05 Å². The van der Waals surface area contributed by atoms with Gasteiger partial charge >= 0.3 is 12.2 Å². The zero-order valence-electron chi connectivity index (χ0n) is 29.2. The summed E-state index contributed by atoms with van der Waals surface area (Å²) >= 11 is 0. The molecular weight excluding hydrogens is 570 g/mol. The highest BCUT2D eigenvalue weighted by Gasteiger charge is 2.61. The normalized spacial score (nSPS) is 39.3. The van der Waals surface area contributed by atoms with Gasteiger partial charge in [0.1, 0.15) is 0 Å². The van der Waals surface area contributed by atoms with Gasteiger partial charge in [0, 0.05) is 32.2 Å². The Morgan fingerprint density at radius 1 is 1.00 bits per heavy atom. The van der Waals surface area contributed by atoms with Gasteiger partial charge in [0.25, 0.3) is 0 Å². The van der Waals surface area contributed by atoms with Crippen LogP contribution in [0.25, 0.3) is 0 Å². The van der Waals surface area contributed by atoms with E-state index in [-0.39, 0.29) is 16.5 Å². The summed E-state index contributed by atoms with van der Waals surface area (Å²) in [6.45, 7) is 19.9. The van der Waals surface area contributed by atoms with E-state index in [0.29, 0.717) is 36.4 Å². The second-order valence-corrected chi connectivity index (χ2v) is 22.1. The smallest absolute Gasteiger partial charge is 0.435 e. The van der Waals surface area contributed by atoms with Crippen molar-refractivity contribution in [2.45, 2.75) is 142 Å². The lowest BCUT2D eigenvalue weighted by molar-refractivity contribution is -0.122. The van der Waals surface area contributed by atoms with Gasteiger partial charge in [0.05, 0.1) is 11.8 Å². The summed E-state index contributed by atoms with van der Waals surface area (Å²) in [5.74, 6) is 3.40. The van der Waals surface area contributed by atoms with Gasteiger partial charge in [-0.1, -0.05) is 39.8 Å². The predicted molar refractivity (Wildman–Crippen MR) is 177 cm³/mol. The van der Waals surface area contributed by atoms with E-state index in [1.807, 2.05) is 6.92 Å². The Bertz CT molecular complexity index is 1120. The van der Waals surface area contributed by atoms with E-state index < -0.39 is 20.5 Å². The van der Waals surface area contributed by atoms with Crippen molar-refractivity contribution in [1.29, 1.82) is 0 Å². The summed E-state index contributed by atoms with van der Waals surface area (Å²) in [6.07, 6.45) is 11.9. The molecule has 5 aliphatic rings. The predicted octanol–water partition coefficient (Wildman–Crippen LogP) is 8.62. The highest BCUT2D eigenvalue weighted by molar-refractivity contribution is 6.74. The number of rotatable bonds is 6. The third-order valence-electron chi connectivity index (χ3n) is 14.1. The summed E-state index contributed by atoms with van der Waals surface area (Å²) in [5.41, 5.74) is 1.56. The molecule has 4 aliphatic carbocycles. The van der Waals surface area contributed by atoms with Crippen molar-refractivity contribution < 1.29 is 24.0 Å². The number of hydrogen-bond acceptors (Lipinski definition) is 5. The zero-order valence-corrected chi connectivity index (χ0v) is 30.2. The number of carbonyl (C=O) groups excluding carboxylic acids is 1. The second kappa shape index (κ2) is 12.2. The van der Waals surface area contributed by atoms with Gasteiger partial charge in [-0.2, -0.15) is 0 Å². The first-order valence-corrected chi connectivity index (χ1v) is 20.5. The molecule has 0 bridgehead atoms. The number of oxime groups is 1. The third kappa shape index (κ3) is 6.10. The number of hydrogen-bond donors (Lipinski definition) is 1. The molecule has 1 heterocycles. The highest BCUT2D eigenvalue weighted by atomic mass is 28.4. The minimum Gasteiger partial charge on any atom is -0.465 e. The number of carbonyl (C=O) groups is 2. The maximum Gasteiger partial charge on any atom is 0.435 e. The van der Waals surface area contributed by atoms with Crippen molar-refractivity contribution in [3.05, 3.63) is 0 Å². The molecule has 9 heteroatoms. The lowest BCUT2D eigenvalue weighted by Crippen LogP contribution is -2.55. The van der Waals surface area contributed by atoms with Gasteiger partial charge in [-0.25, -0.2) is 9.59 Å². The Morgan fingerprint density at radius 2 is 1.68 bits per heavy atom. The number of fused-ring (bicyclic) bond motifs is 5.